The van der Waals surface area contributed by atoms with Gasteiger partial charge in [0.1, 0.15) is 11.5 Å². The molecule has 1 amide bonds. The molecule has 188 valence electrons. The van der Waals surface area contributed by atoms with E-state index in [4.69, 9.17) is 5.26 Å². The van der Waals surface area contributed by atoms with E-state index in [9.17, 15) is 22.4 Å². The molecule has 0 aliphatic rings. The van der Waals surface area contributed by atoms with Gasteiger partial charge in [0.05, 0.1) is 23.0 Å². The average molecular weight is 507 g/mol. The zero-order chi connectivity index (χ0) is 26.6. The molecule has 0 radical (unpaired) electrons. The Bertz CT molecular complexity index is 1460. The summed E-state index contributed by atoms with van der Waals surface area (Å²) in [5.41, 5.74) is -0.273. The average Bonchev–Trinajstić information content (AvgIpc) is 3.36. The van der Waals surface area contributed by atoms with Crippen LogP contribution in [0.2, 0.25) is 0 Å². The quantitative estimate of drug-likeness (QED) is 0.283. The van der Waals surface area contributed by atoms with E-state index in [1.165, 1.54) is 36.4 Å². The van der Waals surface area contributed by atoms with Crippen molar-refractivity contribution in [2.45, 2.75) is 19.5 Å². The van der Waals surface area contributed by atoms with Crippen molar-refractivity contribution in [2.75, 3.05) is 16.8 Å². The van der Waals surface area contributed by atoms with Crippen LogP contribution in [0.3, 0.4) is 0 Å². The molecular weight excluding hydrogens is 486 g/mol. The minimum Gasteiger partial charge on any atom is -0.341 e. The molecule has 0 saturated carbocycles. The highest BCUT2D eigenvalue weighted by molar-refractivity contribution is 6.04. The van der Waals surface area contributed by atoms with Crippen molar-refractivity contribution < 1.29 is 22.4 Å². The highest BCUT2D eigenvalue weighted by Crippen LogP contribution is 2.32. The van der Waals surface area contributed by atoms with E-state index in [-0.39, 0.29) is 16.9 Å². The third kappa shape index (κ3) is 5.62. The summed E-state index contributed by atoms with van der Waals surface area (Å²) in [5, 5.41) is 15.1. The SMILES string of the molecule is CCCN(c1ccccc1)c1ccc(F)c(NC(=O)c2cc(C(F)(F)F)nn2-c2cccc(C#N)c2)c1. The van der Waals surface area contributed by atoms with Crippen LogP contribution in [0.1, 0.15) is 35.1 Å². The predicted octanol–water partition coefficient (Wildman–Crippen LogP) is 6.70. The van der Waals surface area contributed by atoms with Gasteiger partial charge in [0.25, 0.3) is 5.91 Å². The van der Waals surface area contributed by atoms with Crippen LogP contribution in [-0.2, 0) is 6.18 Å². The number of nitrogens with zero attached hydrogens (tertiary/aromatic N) is 4. The van der Waals surface area contributed by atoms with Crippen LogP contribution in [-0.4, -0.2) is 22.2 Å². The number of hydrogen-bond donors (Lipinski definition) is 1. The van der Waals surface area contributed by atoms with E-state index < -0.39 is 29.3 Å². The number of nitrogens with one attached hydrogen (secondary N) is 1. The molecule has 0 fully saturated rings. The van der Waals surface area contributed by atoms with Gasteiger partial charge < -0.3 is 10.2 Å². The lowest BCUT2D eigenvalue weighted by Gasteiger charge is -2.25. The van der Waals surface area contributed by atoms with Gasteiger partial charge in [-0.15, -0.1) is 0 Å². The van der Waals surface area contributed by atoms with Crippen LogP contribution < -0.4 is 10.2 Å². The third-order valence-corrected chi connectivity index (χ3v) is 5.48. The summed E-state index contributed by atoms with van der Waals surface area (Å²) in [4.78, 5) is 15.1. The monoisotopic (exact) mass is 507 g/mol. The number of carbonyl (C=O) groups is 1. The second-order valence-electron chi connectivity index (χ2n) is 8.09. The van der Waals surface area contributed by atoms with Crippen LogP contribution in [0.5, 0.6) is 0 Å². The van der Waals surface area contributed by atoms with Gasteiger partial charge in [-0.25, -0.2) is 9.07 Å². The number of benzene rings is 3. The van der Waals surface area contributed by atoms with Crippen molar-refractivity contribution in [2.24, 2.45) is 0 Å². The molecule has 0 bridgehead atoms. The fourth-order valence-electron chi connectivity index (χ4n) is 3.79. The zero-order valence-corrected chi connectivity index (χ0v) is 19.6. The molecule has 4 aromatic rings. The second-order valence-corrected chi connectivity index (χ2v) is 8.09. The summed E-state index contributed by atoms with van der Waals surface area (Å²) < 4.78 is 55.9. The number of hydrogen-bond acceptors (Lipinski definition) is 4. The first kappa shape index (κ1) is 25.4. The topological polar surface area (TPSA) is 74.0 Å². The van der Waals surface area contributed by atoms with E-state index in [1.807, 2.05) is 48.2 Å². The molecule has 0 spiro atoms. The van der Waals surface area contributed by atoms with Gasteiger partial charge in [-0.1, -0.05) is 31.2 Å². The largest absolute Gasteiger partial charge is 0.435 e. The van der Waals surface area contributed by atoms with Crippen molar-refractivity contribution in [3.63, 3.8) is 0 Å². The molecule has 3 aromatic carbocycles. The number of carbonyl (C=O) groups excluding carboxylic acids is 1. The minimum atomic E-state index is -4.82. The molecule has 1 N–H and O–H groups in total. The summed E-state index contributed by atoms with van der Waals surface area (Å²) >= 11 is 0. The van der Waals surface area contributed by atoms with Gasteiger partial charge in [0, 0.05) is 24.0 Å². The Morgan fingerprint density at radius 3 is 2.46 bits per heavy atom. The molecule has 6 nitrogen and oxygen atoms in total. The summed E-state index contributed by atoms with van der Waals surface area (Å²) in [5.74, 6) is -1.75. The van der Waals surface area contributed by atoms with Gasteiger partial charge in [-0.2, -0.15) is 23.5 Å². The van der Waals surface area contributed by atoms with Gasteiger partial charge in [-0.3, -0.25) is 4.79 Å². The van der Waals surface area contributed by atoms with Crippen molar-refractivity contribution in [1.82, 2.24) is 9.78 Å². The zero-order valence-electron chi connectivity index (χ0n) is 19.6. The smallest absolute Gasteiger partial charge is 0.341 e. The van der Waals surface area contributed by atoms with Gasteiger partial charge in [0.2, 0.25) is 0 Å². The molecule has 10 heteroatoms. The first-order valence-electron chi connectivity index (χ1n) is 11.3. The molecule has 1 aromatic heterocycles. The molecule has 0 unspecified atom stereocenters. The van der Waals surface area contributed by atoms with Crippen molar-refractivity contribution in [3.8, 4) is 11.8 Å². The predicted molar refractivity (Wildman–Crippen MR) is 131 cm³/mol. The Morgan fingerprint density at radius 1 is 1.03 bits per heavy atom. The lowest BCUT2D eigenvalue weighted by molar-refractivity contribution is -0.141. The first-order valence-corrected chi connectivity index (χ1v) is 11.3. The molecule has 0 aliphatic carbocycles. The summed E-state index contributed by atoms with van der Waals surface area (Å²) in [6.07, 6.45) is -4.04. The molecule has 1 heterocycles. The lowest BCUT2D eigenvalue weighted by Crippen LogP contribution is -2.20. The van der Waals surface area contributed by atoms with Gasteiger partial charge in [0.15, 0.2) is 5.69 Å². The molecular formula is C27H21F4N5O. The van der Waals surface area contributed by atoms with E-state index in [0.717, 1.165) is 16.8 Å². The second kappa shape index (κ2) is 10.5. The normalized spacial score (nSPS) is 11.1. The third-order valence-electron chi connectivity index (χ3n) is 5.48. The number of anilines is 3. The van der Waals surface area contributed by atoms with Crippen LogP contribution in [0.4, 0.5) is 34.6 Å². The molecule has 37 heavy (non-hydrogen) atoms. The standard InChI is InChI=1S/C27H21F4N5O/c1-2-13-35(19-8-4-3-5-9-19)20-11-12-22(28)23(15-20)33-26(37)24-16-25(27(29,30)31)34-36(24)21-10-6-7-18(14-21)17-32/h3-12,14-16H,2,13H2,1H3,(H,33,37). The Labute approximate surface area is 210 Å². The molecule has 4 rings (SSSR count). The summed E-state index contributed by atoms with van der Waals surface area (Å²) in [6, 6.07) is 21.7. The number of aromatic nitrogens is 2. The number of nitriles is 1. The Kier molecular flexibility index (Phi) is 7.25. The van der Waals surface area contributed by atoms with Gasteiger partial charge in [-0.05, 0) is 55.0 Å². The Balaban J connectivity index is 1.72. The molecule has 0 aliphatic heterocycles. The number of para-hydroxylation sites is 1. The van der Waals surface area contributed by atoms with Crippen LogP contribution in [0, 0.1) is 17.1 Å². The fourth-order valence-corrected chi connectivity index (χ4v) is 3.79. The van der Waals surface area contributed by atoms with Crippen LogP contribution in [0.15, 0.2) is 78.9 Å². The summed E-state index contributed by atoms with van der Waals surface area (Å²) in [6.45, 7) is 2.60. The van der Waals surface area contributed by atoms with Crippen molar-refractivity contribution in [1.29, 1.82) is 5.26 Å². The number of halogens is 4. The Morgan fingerprint density at radius 2 is 1.78 bits per heavy atom. The van der Waals surface area contributed by atoms with Crippen molar-refractivity contribution in [3.05, 3.63) is 102 Å². The maximum absolute atomic E-state index is 14.7. The van der Waals surface area contributed by atoms with Gasteiger partial charge >= 0.3 is 6.18 Å². The highest BCUT2D eigenvalue weighted by Gasteiger charge is 2.36. The van der Waals surface area contributed by atoms with Crippen LogP contribution >= 0.6 is 0 Å². The first-order chi connectivity index (χ1) is 17.7. The number of rotatable bonds is 7. The maximum Gasteiger partial charge on any atom is 0.435 e. The van der Waals surface area contributed by atoms with E-state index in [2.05, 4.69) is 10.4 Å². The Hall–Kier alpha value is -4.65. The van der Waals surface area contributed by atoms with E-state index in [0.29, 0.717) is 18.3 Å². The molecule has 0 atom stereocenters. The summed E-state index contributed by atoms with van der Waals surface area (Å²) in [7, 11) is 0. The number of amides is 1. The van der Waals surface area contributed by atoms with Crippen molar-refractivity contribution >= 4 is 23.0 Å². The minimum absolute atomic E-state index is 0.0760. The lowest BCUT2D eigenvalue weighted by atomic mass is 10.2. The molecule has 0 saturated heterocycles. The maximum atomic E-state index is 14.7. The van der Waals surface area contributed by atoms with E-state index >= 15 is 0 Å². The van der Waals surface area contributed by atoms with E-state index in [1.54, 1.807) is 6.07 Å². The number of alkyl halides is 3. The highest BCUT2D eigenvalue weighted by atomic mass is 19.4. The van der Waals surface area contributed by atoms with Crippen LogP contribution in [0.25, 0.3) is 5.69 Å². The fraction of sp³-hybridized carbons (Fsp3) is 0.148.